The monoisotopic (exact) mass is 327 g/mol. The van der Waals surface area contributed by atoms with Crippen molar-refractivity contribution < 1.29 is 19.7 Å². The molecule has 134 valence electrons. The molecule has 4 unspecified atom stereocenters. The van der Waals surface area contributed by atoms with Gasteiger partial charge in [0, 0.05) is 25.5 Å². The molecule has 1 fully saturated rings. The van der Waals surface area contributed by atoms with Crippen molar-refractivity contribution >= 4 is 0 Å². The Morgan fingerprint density at radius 3 is 2.65 bits per heavy atom. The van der Waals surface area contributed by atoms with E-state index < -0.39 is 11.9 Å². The Morgan fingerprint density at radius 1 is 1.35 bits per heavy atom. The summed E-state index contributed by atoms with van der Waals surface area (Å²) in [6.45, 7) is 11.8. The second-order valence-corrected chi connectivity index (χ2v) is 7.56. The predicted molar refractivity (Wildman–Crippen MR) is 90.1 cm³/mol. The third kappa shape index (κ3) is 4.34. The first-order valence-corrected chi connectivity index (χ1v) is 8.88. The zero-order chi connectivity index (χ0) is 17.1. The van der Waals surface area contributed by atoms with Gasteiger partial charge in [-0.25, -0.2) is 0 Å². The smallest absolute Gasteiger partial charge is 0.190 e. The van der Waals surface area contributed by atoms with E-state index in [1.807, 2.05) is 26.0 Å². The molecule has 2 rings (SSSR count). The van der Waals surface area contributed by atoms with Crippen LogP contribution in [0.2, 0.25) is 0 Å². The minimum absolute atomic E-state index is 0.0406. The lowest BCUT2D eigenvalue weighted by Crippen LogP contribution is -2.45. The highest BCUT2D eigenvalue weighted by atomic mass is 16.7. The molecule has 0 amide bonds. The molecule has 0 radical (unpaired) electrons. The van der Waals surface area contributed by atoms with Gasteiger partial charge in [-0.05, 0) is 31.0 Å². The zero-order valence-corrected chi connectivity index (χ0v) is 15.0. The van der Waals surface area contributed by atoms with Crippen LogP contribution in [-0.4, -0.2) is 66.0 Å². The van der Waals surface area contributed by atoms with Gasteiger partial charge >= 0.3 is 0 Å². The van der Waals surface area contributed by atoms with E-state index in [4.69, 9.17) is 9.47 Å². The molecule has 2 N–H and O–H groups in total. The second kappa shape index (κ2) is 7.62. The fourth-order valence-electron chi connectivity index (χ4n) is 3.60. The highest BCUT2D eigenvalue weighted by molar-refractivity contribution is 5.12. The number of likely N-dealkylation sites (N-methyl/N-ethyl adjacent to an activating group) is 1. The maximum absolute atomic E-state index is 10.5. The largest absolute Gasteiger partial charge is 0.396 e. The summed E-state index contributed by atoms with van der Waals surface area (Å²) in [6.07, 6.45) is 4.92. The summed E-state index contributed by atoms with van der Waals surface area (Å²) >= 11 is 0. The fourth-order valence-corrected chi connectivity index (χ4v) is 3.60. The molecule has 23 heavy (non-hydrogen) atoms. The van der Waals surface area contributed by atoms with E-state index in [9.17, 15) is 10.2 Å². The van der Waals surface area contributed by atoms with Crippen LogP contribution in [0.1, 0.15) is 40.5 Å². The highest BCUT2D eigenvalue weighted by Crippen LogP contribution is 2.41. The summed E-state index contributed by atoms with van der Waals surface area (Å²) in [5.41, 5.74) is -0.352. The molecule has 0 aromatic rings. The highest BCUT2D eigenvalue weighted by Gasteiger charge is 2.47. The number of hydrogen-bond donors (Lipinski definition) is 2. The van der Waals surface area contributed by atoms with E-state index in [1.165, 1.54) is 0 Å². The van der Waals surface area contributed by atoms with Crippen molar-refractivity contribution in [1.82, 2.24) is 4.90 Å². The topological polar surface area (TPSA) is 62.2 Å². The molecule has 2 aliphatic rings. The van der Waals surface area contributed by atoms with Crippen molar-refractivity contribution in [2.24, 2.45) is 11.3 Å². The molecule has 0 aromatic heterocycles. The average molecular weight is 327 g/mol. The lowest BCUT2D eigenvalue weighted by molar-refractivity contribution is -0.167. The third-order valence-corrected chi connectivity index (χ3v) is 5.10. The summed E-state index contributed by atoms with van der Waals surface area (Å²) in [4.78, 5) is 2.37. The standard InChI is InChI=1S/C18H33NO4/c1-5-9-19(6-2)11-14-12-22-18(23-14)8-7-15(16(21)10-18)17(3,4)13-20/h7-8,14-16,20-21H,5-6,9-13H2,1-4H3. The van der Waals surface area contributed by atoms with Crippen molar-refractivity contribution in [3.63, 3.8) is 0 Å². The third-order valence-electron chi connectivity index (χ3n) is 5.10. The molecule has 1 spiro atoms. The van der Waals surface area contributed by atoms with Gasteiger partial charge in [0.25, 0.3) is 0 Å². The molecule has 1 aliphatic carbocycles. The minimum atomic E-state index is -0.794. The summed E-state index contributed by atoms with van der Waals surface area (Å²) in [5, 5.41) is 20.1. The van der Waals surface area contributed by atoms with Crippen LogP contribution in [0.25, 0.3) is 0 Å². The first-order valence-electron chi connectivity index (χ1n) is 8.88. The van der Waals surface area contributed by atoms with Gasteiger partial charge in [0.1, 0.15) is 0 Å². The molecular formula is C18H33NO4. The van der Waals surface area contributed by atoms with Gasteiger partial charge in [-0.3, -0.25) is 0 Å². The molecule has 1 aliphatic heterocycles. The van der Waals surface area contributed by atoms with Crippen molar-refractivity contribution in [2.45, 2.75) is 58.5 Å². The van der Waals surface area contributed by atoms with Crippen molar-refractivity contribution in [3.8, 4) is 0 Å². The van der Waals surface area contributed by atoms with Gasteiger partial charge in [-0.1, -0.05) is 33.8 Å². The van der Waals surface area contributed by atoms with Gasteiger partial charge in [-0.15, -0.1) is 0 Å². The maximum atomic E-state index is 10.5. The molecule has 1 heterocycles. The van der Waals surface area contributed by atoms with E-state index in [2.05, 4.69) is 18.7 Å². The quantitative estimate of drug-likeness (QED) is 0.698. The Hall–Kier alpha value is -0.460. The maximum Gasteiger partial charge on any atom is 0.190 e. The number of aliphatic hydroxyl groups is 2. The normalized spacial score (nSPS) is 34.7. The number of hydrogen-bond acceptors (Lipinski definition) is 5. The Balaban J connectivity index is 1.99. The summed E-state index contributed by atoms with van der Waals surface area (Å²) in [7, 11) is 0. The zero-order valence-electron chi connectivity index (χ0n) is 15.0. The van der Waals surface area contributed by atoms with Crippen LogP contribution in [0.3, 0.4) is 0 Å². The number of rotatable bonds is 7. The van der Waals surface area contributed by atoms with Crippen LogP contribution < -0.4 is 0 Å². The molecule has 5 heteroatoms. The van der Waals surface area contributed by atoms with E-state index >= 15 is 0 Å². The second-order valence-electron chi connectivity index (χ2n) is 7.56. The Kier molecular flexibility index (Phi) is 6.25. The van der Waals surface area contributed by atoms with Crippen LogP contribution in [0.5, 0.6) is 0 Å². The molecule has 1 saturated heterocycles. The first kappa shape index (κ1) is 18.9. The lowest BCUT2D eigenvalue weighted by Gasteiger charge is -2.41. The van der Waals surface area contributed by atoms with Crippen LogP contribution >= 0.6 is 0 Å². The van der Waals surface area contributed by atoms with Crippen LogP contribution in [0.4, 0.5) is 0 Å². The SMILES string of the molecule is CCCN(CC)CC1COC2(C=CC(C(C)(C)CO)C(O)C2)O1. The lowest BCUT2D eigenvalue weighted by atomic mass is 9.72. The number of aliphatic hydroxyl groups excluding tert-OH is 2. The molecular weight excluding hydrogens is 294 g/mol. The van der Waals surface area contributed by atoms with Gasteiger partial charge in [0.05, 0.1) is 18.8 Å². The average Bonchev–Trinajstić information content (AvgIpc) is 2.88. The number of ether oxygens (including phenoxy) is 2. The fraction of sp³-hybridized carbons (Fsp3) is 0.889. The van der Waals surface area contributed by atoms with Crippen LogP contribution in [0.15, 0.2) is 12.2 Å². The predicted octanol–water partition coefficient (Wildman–Crippen LogP) is 1.79. The van der Waals surface area contributed by atoms with E-state index in [0.29, 0.717) is 13.0 Å². The van der Waals surface area contributed by atoms with Crippen LogP contribution in [0, 0.1) is 11.3 Å². The van der Waals surface area contributed by atoms with Gasteiger partial charge in [0.2, 0.25) is 0 Å². The van der Waals surface area contributed by atoms with Crippen molar-refractivity contribution in [2.75, 3.05) is 32.8 Å². The summed E-state index contributed by atoms with van der Waals surface area (Å²) in [5.74, 6) is -0.880. The van der Waals surface area contributed by atoms with E-state index in [0.717, 1.165) is 26.1 Å². The molecule has 4 atom stereocenters. The first-order chi connectivity index (χ1) is 10.9. The molecule has 0 aromatic carbocycles. The van der Waals surface area contributed by atoms with Crippen molar-refractivity contribution in [3.05, 3.63) is 12.2 Å². The molecule has 0 saturated carbocycles. The van der Waals surface area contributed by atoms with Gasteiger partial charge in [-0.2, -0.15) is 0 Å². The van der Waals surface area contributed by atoms with Gasteiger partial charge < -0.3 is 24.6 Å². The number of nitrogens with zero attached hydrogens (tertiary/aromatic N) is 1. The van der Waals surface area contributed by atoms with Crippen LogP contribution in [-0.2, 0) is 9.47 Å². The Morgan fingerprint density at radius 2 is 2.09 bits per heavy atom. The molecule has 0 bridgehead atoms. The van der Waals surface area contributed by atoms with Gasteiger partial charge in [0.15, 0.2) is 5.79 Å². The van der Waals surface area contributed by atoms with Crippen molar-refractivity contribution in [1.29, 1.82) is 0 Å². The van der Waals surface area contributed by atoms with E-state index in [1.54, 1.807) is 0 Å². The Bertz CT molecular complexity index is 412. The van der Waals surface area contributed by atoms with E-state index in [-0.39, 0.29) is 24.0 Å². The minimum Gasteiger partial charge on any atom is -0.396 e. The molecule has 5 nitrogen and oxygen atoms in total. The Labute approximate surface area is 140 Å². The summed E-state index contributed by atoms with van der Waals surface area (Å²) in [6, 6.07) is 0. The summed E-state index contributed by atoms with van der Waals surface area (Å²) < 4.78 is 12.1.